The number of rotatable bonds is 4. The van der Waals surface area contributed by atoms with Crippen molar-refractivity contribution in [2.75, 3.05) is 20.3 Å². The minimum absolute atomic E-state index is 0.168. The first-order chi connectivity index (χ1) is 14.5. The van der Waals surface area contributed by atoms with E-state index >= 15 is 0 Å². The minimum atomic E-state index is -0.896. The number of amides is 1. The molecule has 0 saturated carbocycles. The fourth-order valence-electron chi connectivity index (χ4n) is 3.58. The maximum atomic E-state index is 13.0. The number of carbonyl (C=O) groups is 2. The summed E-state index contributed by atoms with van der Waals surface area (Å²) in [5, 5.41) is 13.6. The largest absolute Gasteiger partial charge is 0.506 e. The van der Waals surface area contributed by atoms with Crippen molar-refractivity contribution in [3.63, 3.8) is 0 Å². The van der Waals surface area contributed by atoms with E-state index in [2.05, 4.69) is 10.1 Å². The fraction of sp³-hybridized carbons (Fsp3) is 0.227. The highest BCUT2D eigenvalue weighted by Crippen LogP contribution is 2.27. The second kappa shape index (κ2) is 8.00. The molecule has 3 aromatic rings. The Labute approximate surface area is 171 Å². The lowest BCUT2D eigenvalue weighted by Crippen LogP contribution is -2.39. The molecule has 0 bridgehead atoms. The number of aromatic nitrogens is 1. The van der Waals surface area contributed by atoms with Crippen molar-refractivity contribution >= 4 is 22.8 Å². The Kier molecular flexibility index (Phi) is 5.24. The average molecular weight is 408 g/mol. The van der Waals surface area contributed by atoms with Gasteiger partial charge in [-0.3, -0.25) is 9.59 Å². The molecule has 0 radical (unpaired) electrons. The zero-order valence-electron chi connectivity index (χ0n) is 16.3. The van der Waals surface area contributed by atoms with Gasteiger partial charge in [-0.2, -0.15) is 0 Å². The van der Waals surface area contributed by atoms with Crippen LogP contribution in [0.2, 0.25) is 0 Å². The fourth-order valence-corrected chi connectivity index (χ4v) is 3.58. The van der Waals surface area contributed by atoms with Gasteiger partial charge in [0.25, 0.3) is 11.5 Å². The van der Waals surface area contributed by atoms with Crippen LogP contribution in [-0.4, -0.2) is 41.8 Å². The summed E-state index contributed by atoms with van der Waals surface area (Å²) in [6.07, 6.45) is -0.657. The van der Waals surface area contributed by atoms with Gasteiger partial charge in [-0.05, 0) is 23.3 Å². The zero-order chi connectivity index (χ0) is 21.3. The Balaban J connectivity index is 1.74. The number of esters is 1. The Morgan fingerprint density at radius 3 is 2.63 bits per heavy atom. The molecule has 2 heterocycles. The van der Waals surface area contributed by atoms with E-state index in [1.807, 2.05) is 0 Å². The summed E-state index contributed by atoms with van der Waals surface area (Å²) in [6.45, 7) is 1.11. The predicted molar refractivity (Wildman–Crippen MR) is 108 cm³/mol. The van der Waals surface area contributed by atoms with Crippen LogP contribution in [0.5, 0.6) is 5.75 Å². The third-order valence-electron chi connectivity index (χ3n) is 5.08. The Hall–Kier alpha value is -3.65. The Morgan fingerprint density at radius 2 is 1.93 bits per heavy atom. The molecule has 0 aliphatic carbocycles. The lowest BCUT2D eigenvalue weighted by Gasteiger charge is -2.23. The van der Waals surface area contributed by atoms with E-state index in [9.17, 15) is 19.5 Å². The number of para-hydroxylation sites is 1. The topological polar surface area (TPSA) is 107 Å². The molecule has 154 valence electrons. The molecule has 0 spiro atoms. The van der Waals surface area contributed by atoms with Gasteiger partial charge in [-0.1, -0.05) is 36.4 Å². The molecule has 2 aromatic carbocycles. The lowest BCUT2D eigenvalue weighted by atomic mass is 10.0. The van der Waals surface area contributed by atoms with Crippen LogP contribution in [-0.2, 0) is 20.8 Å². The quantitative estimate of drug-likeness (QED) is 0.637. The number of nitrogens with zero attached hydrogens (tertiary/aromatic N) is 1. The molecule has 2 N–H and O–H groups in total. The van der Waals surface area contributed by atoms with Gasteiger partial charge in [0, 0.05) is 11.9 Å². The zero-order valence-corrected chi connectivity index (χ0v) is 16.3. The van der Waals surface area contributed by atoms with E-state index in [0.29, 0.717) is 29.6 Å². The SMILES string of the molecule is COC(=O)c1c(O)c2ccccc2n(Cc2ccc(C3OCCNC3=O)cc2)c1=O. The Morgan fingerprint density at radius 1 is 1.20 bits per heavy atom. The van der Waals surface area contributed by atoms with Crippen molar-refractivity contribution in [1.29, 1.82) is 0 Å². The number of fused-ring (bicyclic) bond motifs is 1. The molecule has 8 heteroatoms. The average Bonchev–Trinajstić information content (AvgIpc) is 2.77. The van der Waals surface area contributed by atoms with E-state index in [0.717, 1.165) is 12.7 Å². The first kappa shape index (κ1) is 19.7. The van der Waals surface area contributed by atoms with Crippen molar-refractivity contribution in [2.45, 2.75) is 12.6 Å². The summed E-state index contributed by atoms with van der Waals surface area (Å²) >= 11 is 0. The third-order valence-corrected chi connectivity index (χ3v) is 5.08. The van der Waals surface area contributed by atoms with Crippen LogP contribution in [0.3, 0.4) is 0 Å². The maximum Gasteiger partial charge on any atom is 0.347 e. The van der Waals surface area contributed by atoms with Gasteiger partial charge >= 0.3 is 5.97 Å². The van der Waals surface area contributed by atoms with E-state index in [4.69, 9.17) is 4.74 Å². The van der Waals surface area contributed by atoms with Gasteiger partial charge in [0.05, 0.1) is 25.8 Å². The molecule has 8 nitrogen and oxygen atoms in total. The van der Waals surface area contributed by atoms with Crippen molar-refractivity contribution in [1.82, 2.24) is 9.88 Å². The van der Waals surface area contributed by atoms with Crippen LogP contribution in [0.1, 0.15) is 27.6 Å². The maximum absolute atomic E-state index is 13.0. The van der Waals surface area contributed by atoms with E-state index in [1.165, 1.54) is 4.57 Å². The predicted octanol–water partition coefficient (Wildman–Crippen LogP) is 1.73. The van der Waals surface area contributed by atoms with Crippen molar-refractivity contribution < 1.29 is 24.2 Å². The van der Waals surface area contributed by atoms with E-state index in [1.54, 1.807) is 48.5 Å². The Bertz CT molecular complexity index is 1180. The van der Waals surface area contributed by atoms with Gasteiger partial charge < -0.3 is 24.5 Å². The number of nitrogens with one attached hydrogen (secondary N) is 1. The van der Waals surface area contributed by atoms with Crippen LogP contribution in [0.15, 0.2) is 53.3 Å². The summed E-state index contributed by atoms with van der Waals surface area (Å²) < 4.78 is 11.6. The molecule has 1 fully saturated rings. The number of hydrogen-bond donors (Lipinski definition) is 2. The van der Waals surface area contributed by atoms with E-state index in [-0.39, 0.29) is 12.5 Å². The highest BCUT2D eigenvalue weighted by atomic mass is 16.5. The number of methoxy groups -OCH3 is 1. The second-order valence-electron chi connectivity index (χ2n) is 6.91. The molecular formula is C22H20N2O6. The number of hydrogen-bond acceptors (Lipinski definition) is 6. The lowest BCUT2D eigenvalue weighted by molar-refractivity contribution is -0.138. The highest BCUT2D eigenvalue weighted by Gasteiger charge is 2.25. The molecule has 1 aliphatic rings. The number of pyridine rings is 1. The van der Waals surface area contributed by atoms with Crippen LogP contribution in [0.25, 0.3) is 10.9 Å². The van der Waals surface area contributed by atoms with E-state index < -0.39 is 28.9 Å². The van der Waals surface area contributed by atoms with Crippen molar-refractivity contribution in [3.8, 4) is 5.75 Å². The molecule has 30 heavy (non-hydrogen) atoms. The van der Waals surface area contributed by atoms with Crippen LogP contribution in [0.4, 0.5) is 0 Å². The number of carbonyl (C=O) groups excluding carboxylic acids is 2. The summed E-state index contributed by atoms with van der Waals surface area (Å²) in [6, 6.07) is 13.9. The molecular weight excluding hydrogens is 388 g/mol. The van der Waals surface area contributed by atoms with Gasteiger partial charge in [0.15, 0.2) is 11.7 Å². The molecule has 1 unspecified atom stereocenters. The summed E-state index contributed by atoms with van der Waals surface area (Å²) in [5.41, 5.74) is 0.946. The van der Waals surface area contributed by atoms with Gasteiger partial charge in [0.2, 0.25) is 0 Å². The first-order valence-electron chi connectivity index (χ1n) is 9.42. The van der Waals surface area contributed by atoms with Crippen molar-refractivity contribution in [2.24, 2.45) is 0 Å². The standard InChI is InChI=1S/C22H20N2O6/c1-29-22(28)17-18(25)15-4-2-3-5-16(15)24(21(17)27)12-13-6-8-14(9-7-13)19-20(26)23-10-11-30-19/h2-9,19,25H,10-12H2,1H3,(H,23,26). The summed E-state index contributed by atoms with van der Waals surface area (Å²) in [7, 11) is 1.16. The second-order valence-corrected chi connectivity index (χ2v) is 6.91. The molecule has 4 rings (SSSR count). The smallest absolute Gasteiger partial charge is 0.347 e. The molecule has 1 amide bonds. The summed E-state index contributed by atoms with van der Waals surface area (Å²) in [4.78, 5) is 37.1. The molecule has 1 aliphatic heterocycles. The van der Waals surface area contributed by atoms with Crippen LogP contribution >= 0.6 is 0 Å². The van der Waals surface area contributed by atoms with Crippen LogP contribution < -0.4 is 10.9 Å². The third kappa shape index (κ3) is 3.42. The van der Waals surface area contributed by atoms with Crippen molar-refractivity contribution in [3.05, 3.63) is 75.6 Å². The number of ether oxygens (including phenoxy) is 2. The number of aromatic hydroxyl groups is 1. The molecule has 1 saturated heterocycles. The van der Waals surface area contributed by atoms with Gasteiger partial charge in [0.1, 0.15) is 5.75 Å². The molecule has 1 atom stereocenters. The number of morpholine rings is 1. The first-order valence-corrected chi connectivity index (χ1v) is 9.42. The van der Waals surface area contributed by atoms with Gasteiger partial charge in [-0.15, -0.1) is 0 Å². The summed E-state index contributed by atoms with van der Waals surface area (Å²) in [5.74, 6) is -1.47. The minimum Gasteiger partial charge on any atom is -0.506 e. The monoisotopic (exact) mass is 408 g/mol. The van der Waals surface area contributed by atoms with Crippen LogP contribution in [0, 0.1) is 0 Å². The normalized spacial score (nSPS) is 16.3. The molecule has 1 aromatic heterocycles. The number of benzene rings is 2. The van der Waals surface area contributed by atoms with Gasteiger partial charge in [-0.25, -0.2) is 4.79 Å². The highest BCUT2D eigenvalue weighted by molar-refractivity contribution is 5.99.